The van der Waals surface area contributed by atoms with Crippen LogP contribution in [0, 0.1) is 0 Å². The molecule has 0 N–H and O–H groups in total. The Morgan fingerprint density at radius 2 is 2.00 bits per heavy atom. The number of hydrogen-bond acceptors (Lipinski definition) is 6. The third-order valence-corrected chi connectivity index (χ3v) is 6.64. The van der Waals surface area contributed by atoms with Crippen LogP contribution in [0.4, 0.5) is 0 Å². The number of rotatable bonds is 9. The number of para-hydroxylation sites is 1. The summed E-state index contributed by atoms with van der Waals surface area (Å²) in [6.45, 7) is 7.96. The third-order valence-electron chi connectivity index (χ3n) is 6.41. The van der Waals surface area contributed by atoms with Gasteiger partial charge >= 0.3 is 0 Å². The highest BCUT2D eigenvalue weighted by Gasteiger charge is 2.18. The summed E-state index contributed by atoms with van der Waals surface area (Å²) in [7, 11) is 1.60. The Hall–Kier alpha value is -4.36. The van der Waals surface area contributed by atoms with E-state index >= 15 is 0 Å². The number of furan rings is 1. The van der Waals surface area contributed by atoms with Crippen molar-refractivity contribution < 1.29 is 13.9 Å². The molecule has 0 unspecified atom stereocenters. The second-order valence-corrected chi connectivity index (χ2v) is 9.58. The zero-order chi connectivity index (χ0) is 27.5. The van der Waals surface area contributed by atoms with E-state index < -0.39 is 0 Å². The summed E-state index contributed by atoms with van der Waals surface area (Å²) in [6, 6.07) is 18.1. The lowest BCUT2D eigenvalue weighted by Crippen LogP contribution is -2.20. The quantitative estimate of drug-likeness (QED) is 0.145. The van der Waals surface area contributed by atoms with Crippen LogP contribution in [0.2, 0.25) is 5.02 Å². The molecule has 0 bridgehead atoms. The number of halogens is 1. The largest absolute Gasteiger partial charge is 0.493 e. The Morgan fingerprint density at radius 3 is 2.77 bits per heavy atom. The highest BCUT2D eigenvalue weighted by molar-refractivity contribution is 6.31. The monoisotopic (exact) mass is 541 g/mol. The molecule has 0 radical (unpaired) electrons. The average molecular weight is 542 g/mol. The zero-order valence-corrected chi connectivity index (χ0v) is 22.7. The first-order valence-corrected chi connectivity index (χ1v) is 13.0. The molecule has 0 spiro atoms. The first-order valence-electron chi connectivity index (χ1n) is 12.7. The van der Waals surface area contributed by atoms with Crippen LogP contribution < -0.4 is 15.0 Å². The molecule has 198 valence electrons. The third kappa shape index (κ3) is 5.31. The lowest BCUT2D eigenvalue weighted by molar-refractivity contribution is 0.206. The van der Waals surface area contributed by atoms with Gasteiger partial charge in [-0.25, -0.2) is 4.98 Å². The number of hydrogen-bond donors (Lipinski definition) is 0. The van der Waals surface area contributed by atoms with Crippen LogP contribution in [0.15, 0.2) is 87.6 Å². The Morgan fingerprint density at radius 1 is 1.18 bits per heavy atom. The minimum atomic E-state index is -0.319. The number of ether oxygens (including phenoxy) is 2. The van der Waals surface area contributed by atoms with Gasteiger partial charge in [0.15, 0.2) is 17.3 Å². The van der Waals surface area contributed by atoms with Crippen molar-refractivity contribution >= 4 is 39.7 Å². The van der Waals surface area contributed by atoms with Crippen LogP contribution in [0.25, 0.3) is 33.5 Å². The van der Waals surface area contributed by atoms with Gasteiger partial charge in [-0.1, -0.05) is 36.7 Å². The maximum atomic E-state index is 13.6. The fraction of sp³-hybridized carbons (Fsp3) is 0.194. The van der Waals surface area contributed by atoms with Crippen molar-refractivity contribution in [2.75, 3.05) is 7.11 Å². The van der Waals surface area contributed by atoms with E-state index in [1.54, 1.807) is 55.8 Å². The normalized spacial score (nSPS) is 12.3. The summed E-state index contributed by atoms with van der Waals surface area (Å²) in [4.78, 5) is 18.3. The molecule has 2 aromatic heterocycles. The van der Waals surface area contributed by atoms with E-state index in [0.717, 1.165) is 22.9 Å². The van der Waals surface area contributed by atoms with Crippen LogP contribution in [0.3, 0.4) is 0 Å². The first kappa shape index (κ1) is 26.3. The van der Waals surface area contributed by atoms with Gasteiger partial charge in [0, 0.05) is 16.0 Å². The average Bonchev–Trinajstić information content (AvgIpc) is 3.36. The van der Waals surface area contributed by atoms with Gasteiger partial charge in [0.05, 0.1) is 30.3 Å². The molecule has 8 heteroatoms. The molecule has 5 aromatic rings. The smallest absolute Gasteiger partial charge is 0.282 e. The summed E-state index contributed by atoms with van der Waals surface area (Å²) in [5, 5.41) is 6.41. The van der Waals surface area contributed by atoms with Crippen LogP contribution in [0.1, 0.15) is 31.4 Å². The highest BCUT2D eigenvalue weighted by Crippen LogP contribution is 2.34. The van der Waals surface area contributed by atoms with Gasteiger partial charge in [-0.05, 0) is 73.9 Å². The van der Waals surface area contributed by atoms with Gasteiger partial charge in [0.25, 0.3) is 5.56 Å². The molecule has 1 atom stereocenters. The van der Waals surface area contributed by atoms with Crippen LogP contribution >= 0.6 is 11.6 Å². The first-order chi connectivity index (χ1) is 18.9. The van der Waals surface area contributed by atoms with Crippen molar-refractivity contribution in [3.05, 3.63) is 99.8 Å². The molecule has 39 heavy (non-hydrogen) atoms. The lowest BCUT2D eigenvalue weighted by Gasteiger charge is -2.19. The van der Waals surface area contributed by atoms with E-state index in [-0.39, 0.29) is 17.5 Å². The number of nitrogens with zero attached hydrogens (tertiary/aromatic N) is 3. The topological polar surface area (TPSA) is 78.9 Å². The molecule has 0 fully saturated rings. The van der Waals surface area contributed by atoms with Crippen molar-refractivity contribution in [1.29, 1.82) is 0 Å². The fourth-order valence-electron chi connectivity index (χ4n) is 4.27. The van der Waals surface area contributed by atoms with Crippen LogP contribution in [0.5, 0.6) is 11.5 Å². The van der Waals surface area contributed by atoms with E-state index in [0.29, 0.717) is 45.2 Å². The van der Waals surface area contributed by atoms with E-state index in [2.05, 4.69) is 18.6 Å². The van der Waals surface area contributed by atoms with Crippen molar-refractivity contribution in [3.63, 3.8) is 0 Å². The molecule has 5 rings (SSSR count). The molecular weight excluding hydrogens is 514 g/mol. The molecule has 7 nitrogen and oxygen atoms in total. The molecule has 0 saturated carbocycles. The van der Waals surface area contributed by atoms with E-state index in [9.17, 15) is 4.79 Å². The number of fused-ring (bicyclic) bond motifs is 2. The second-order valence-electron chi connectivity index (χ2n) is 9.15. The Labute approximate surface area is 231 Å². The van der Waals surface area contributed by atoms with E-state index in [4.69, 9.17) is 30.5 Å². The Balaban J connectivity index is 1.66. The van der Waals surface area contributed by atoms with Gasteiger partial charge < -0.3 is 13.9 Å². The maximum absolute atomic E-state index is 13.6. The van der Waals surface area contributed by atoms with Gasteiger partial charge in [-0.15, -0.1) is 6.58 Å². The predicted molar refractivity (Wildman–Crippen MR) is 156 cm³/mol. The lowest BCUT2D eigenvalue weighted by atomic mass is 10.1. The highest BCUT2D eigenvalue weighted by atomic mass is 35.5. The van der Waals surface area contributed by atoms with Gasteiger partial charge in [-0.2, -0.15) is 9.78 Å². The van der Waals surface area contributed by atoms with Crippen molar-refractivity contribution in [1.82, 2.24) is 9.66 Å². The predicted octanol–water partition coefficient (Wildman–Crippen LogP) is 7.26. The number of aromatic nitrogens is 2. The minimum Gasteiger partial charge on any atom is -0.493 e. The number of benzene rings is 3. The standard InChI is InChI=1S/C31H28ClN3O4/c1-5-9-21-14-20(15-27(37-4)29(21)38-19(3)6-2)18-33-35-30(34-25-11-8-7-10-24(25)31(35)36)28-17-22-16-23(32)12-13-26(22)39-28/h5,7-8,10-19H,1,6,9H2,2-4H3/t19-/m0/s1. The molecule has 0 aliphatic rings. The summed E-state index contributed by atoms with van der Waals surface area (Å²) >= 11 is 6.17. The van der Waals surface area contributed by atoms with Gasteiger partial charge in [0.1, 0.15) is 5.58 Å². The fourth-order valence-corrected chi connectivity index (χ4v) is 4.45. The molecule has 3 aromatic carbocycles. The summed E-state index contributed by atoms with van der Waals surface area (Å²) in [6.07, 6.45) is 4.86. The summed E-state index contributed by atoms with van der Waals surface area (Å²) < 4.78 is 19.1. The molecule has 0 aliphatic carbocycles. The van der Waals surface area contributed by atoms with Crippen molar-refractivity contribution in [2.24, 2.45) is 5.10 Å². The number of methoxy groups -OCH3 is 1. The second kappa shape index (κ2) is 11.2. The Bertz CT molecular complexity index is 1770. The summed E-state index contributed by atoms with van der Waals surface area (Å²) in [5.41, 5.74) is 2.49. The van der Waals surface area contributed by atoms with E-state index in [1.165, 1.54) is 4.68 Å². The van der Waals surface area contributed by atoms with Crippen molar-refractivity contribution in [3.8, 4) is 23.1 Å². The van der Waals surface area contributed by atoms with Crippen molar-refractivity contribution in [2.45, 2.75) is 32.8 Å². The molecule has 0 amide bonds. The number of allylic oxidation sites excluding steroid dienone is 1. The van der Waals surface area contributed by atoms with Gasteiger partial charge in [-0.3, -0.25) is 4.79 Å². The minimum absolute atomic E-state index is 0.0190. The maximum Gasteiger partial charge on any atom is 0.282 e. The van der Waals surface area contributed by atoms with Crippen LogP contribution in [-0.2, 0) is 6.42 Å². The van der Waals surface area contributed by atoms with Crippen LogP contribution in [-0.4, -0.2) is 29.1 Å². The summed E-state index contributed by atoms with van der Waals surface area (Å²) in [5.74, 6) is 1.93. The molecular formula is C31H28ClN3O4. The SMILES string of the molecule is C=CCc1cc(C=Nn2c(-c3cc4cc(Cl)ccc4o3)nc3ccccc3c2=O)cc(OC)c1O[C@@H](C)CC. The molecule has 0 aliphatic heterocycles. The molecule has 2 heterocycles. The molecule has 0 saturated heterocycles. The zero-order valence-electron chi connectivity index (χ0n) is 22.0. The van der Waals surface area contributed by atoms with Gasteiger partial charge in [0.2, 0.25) is 5.82 Å². The Kier molecular flexibility index (Phi) is 7.52. The van der Waals surface area contributed by atoms with E-state index in [1.807, 2.05) is 31.2 Å².